The Morgan fingerprint density at radius 3 is 2.22 bits per heavy atom. The van der Waals surface area contributed by atoms with E-state index in [0.717, 1.165) is 23.3 Å². The summed E-state index contributed by atoms with van der Waals surface area (Å²) in [5, 5.41) is 2.45. The Bertz CT molecular complexity index is 1320. The van der Waals surface area contributed by atoms with E-state index in [-0.39, 0.29) is 29.7 Å². The Morgan fingerprint density at radius 2 is 1.62 bits per heavy atom. The summed E-state index contributed by atoms with van der Waals surface area (Å²) >= 11 is 0. The predicted molar refractivity (Wildman–Crippen MR) is 129 cm³/mol. The number of nitrogens with zero attached hydrogens (tertiary/aromatic N) is 1. The highest BCUT2D eigenvalue weighted by atomic mass is 32.2. The number of alkyl halides is 2. The molecule has 2 amide bonds. The summed E-state index contributed by atoms with van der Waals surface area (Å²) in [5.41, 5.74) is -1.05. The number of aryl methyl sites for hydroxylation is 1. The Hall–Kier alpha value is -2.99. The van der Waals surface area contributed by atoms with Gasteiger partial charge in [0.15, 0.2) is 0 Å². The Kier molecular flexibility index (Phi) is 7.35. The molecule has 0 radical (unpaired) electrons. The van der Waals surface area contributed by atoms with Gasteiger partial charge in [-0.1, -0.05) is 0 Å². The summed E-state index contributed by atoms with van der Waals surface area (Å²) in [5.74, 6) is -8.50. The van der Waals surface area contributed by atoms with Gasteiger partial charge in [-0.25, -0.2) is 21.9 Å². The first-order valence-electron chi connectivity index (χ1n) is 11.8. The Balaban J connectivity index is 1.57. The quantitative estimate of drug-likeness (QED) is 0.539. The number of rotatable bonds is 6. The van der Waals surface area contributed by atoms with Crippen molar-refractivity contribution in [1.29, 1.82) is 0 Å². The SMILES string of the molecule is Cc1cc(NC(=O)c2ccc(F)c(C(F)(F)C(=O)N3[C@@H]4CCC[C@H]3C[C@H](NS(C)(=O)=O)C4)c2)ccc1F. The molecule has 0 spiro atoms. The second-order valence-electron chi connectivity index (χ2n) is 9.70. The van der Waals surface area contributed by atoms with Gasteiger partial charge in [0.25, 0.3) is 11.8 Å². The number of benzene rings is 2. The molecule has 7 nitrogen and oxygen atoms in total. The average molecular weight is 542 g/mol. The molecular weight excluding hydrogens is 514 g/mol. The number of sulfonamides is 1. The van der Waals surface area contributed by atoms with Crippen LogP contribution in [0.15, 0.2) is 36.4 Å². The van der Waals surface area contributed by atoms with Crippen LogP contribution in [0.4, 0.5) is 23.2 Å². The zero-order valence-corrected chi connectivity index (χ0v) is 21.0. The first-order chi connectivity index (χ1) is 17.3. The molecule has 0 unspecified atom stereocenters. The molecule has 2 aromatic carbocycles. The number of hydrogen-bond acceptors (Lipinski definition) is 4. The van der Waals surface area contributed by atoms with Crippen LogP contribution >= 0.6 is 0 Å². The monoisotopic (exact) mass is 541 g/mol. The van der Waals surface area contributed by atoms with Crippen LogP contribution in [-0.2, 0) is 20.7 Å². The number of carbonyl (C=O) groups is 2. The van der Waals surface area contributed by atoms with E-state index in [2.05, 4.69) is 10.0 Å². The van der Waals surface area contributed by atoms with E-state index in [1.165, 1.54) is 19.1 Å². The van der Waals surface area contributed by atoms with Crippen LogP contribution in [0.5, 0.6) is 0 Å². The molecule has 0 saturated carbocycles. The van der Waals surface area contributed by atoms with Crippen LogP contribution in [0.25, 0.3) is 0 Å². The minimum atomic E-state index is -4.27. The topological polar surface area (TPSA) is 95.6 Å². The van der Waals surface area contributed by atoms with Crippen LogP contribution in [0.1, 0.15) is 53.6 Å². The van der Waals surface area contributed by atoms with Gasteiger partial charge in [-0.3, -0.25) is 9.59 Å². The maximum absolute atomic E-state index is 15.5. The molecule has 2 aliphatic heterocycles. The molecule has 2 heterocycles. The van der Waals surface area contributed by atoms with E-state index < -0.39 is 63.1 Å². The second-order valence-corrected chi connectivity index (χ2v) is 11.5. The average Bonchev–Trinajstić information content (AvgIpc) is 2.79. The first kappa shape index (κ1) is 27.1. The fourth-order valence-corrected chi connectivity index (χ4v) is 6.02. The Morgan fingerprint density at radius 1 is 1.00 bits per heavy atom. The van der Waals surface area contributed by atoms with Gasteiger partial charge in [0.2, 0.25) is 10.0 Å². The molecule has 3 atom stereocenters. The largest absolute Gasteiger partial charge is 0.352 e. The molecule has 2 fully saturated rings. The maximum Gasteiger partial charge on any atom is 0.352 e. The molecule has 4 rings (SSSR count). The molecular formula is C25H27F4N3O4S. The number of carbonyl (C=O) groups excluding carboxylic acids is 2. The van der Waals surface area contributed by atoms with Gasteiger partial charge in [0, 0.05) is 29.4 Å². The number of piperidine rings is 2. The van der Waals surface area contributed by atoms with Crippen molar-refractivity contribution in [3.05, 3.63) is 64.7 Å². The summed E-state index contributed by atoms with van der Waals surface area (Å²) in [7, 11) is -3.52. The third kappa shape index (κ3) is 5.80. The number of fused-ring (bicyclic) bond motifs is 2. The van der Waals surface area contributed by atoms with Crippen molar-refractivity contribution in [2.75, 3.05) is 11.6 Å². The van der Waals surface area contributed by atoms with Gasteiger partial charge in [0.1, 0.15) is 11.6 Å². The molecule has 2 aliphatic rings. The summed E-state index contributed by atoms with van der Waals surface area (Å²) in [6.45, 7) is 1.49. The fourth-order valence-electron chi connectivity index (χ4n) is 5.22. The van der Waals surface area contributed by atoms with E-state index in [1.807, 2.05) is 0 Å². The van der Waals surface area contributed by atoms with Crippen molar-refractivity contribution in [2.24, 2.45) is 0 Å². The summed E-state index contributed by atoms with van der Waals surface area (Å²) < 4.78 is 84.9. The van der Waals surface area contributed by atoms with Crippen LogP contribution in [0, 0.1) is 18.6 Å². The van der Waals surface area contributed by atoms with Gasteiger partial charge < -0.3 is 10.2 Å². The van der Waals surface area contributed by atoms with Crippen LogP contribution in [-0.4, -0.2) is 49.5 Å². The van der Waals surface area contributed by atoms with Crippen molar-refractivity contribution < 1.29 is 35.6 Å². The molecule has 0 aromatic heterocycles. The van der Waals surface area contributed by atoms with Gasteiger partial charge in [-0.05, 0) is 81.0 Å². The van der Waals surface area contributed by atoms with E-state index in [9.17, 15) is 26.8 Å². The lowest BCUT2D eigenvalue weighted by molar-refractivity contribution is -0.170. The lowest BCUT2D eigenvalue weighted by Gasteiger charge is -2.49. The normalized spacial score (nSPS) is 22.0. The zero-order valence-electron chi connectivity index (χ0n) is 20.2. The highest BCUT2D eigenvalue weighted by molar-refractivity contribution is 7.88. The summed E-state index contributed by atoms with van der Waals surface area (Å²) in [6, 6.07) is 4.42. The molecule has 200 valence electrons. The number of nitrogens with one attached hydrogen (secondary N) is 2. The number of anilines is 1. The molecule has 37 heavy (non-hydrogen) atoms. The lowest BCUT2D eigenvalue weighted by atomic mass is 9.81. The number of hydrogen-bond donors (Lipinski definition) is 2. The minimum Gasteiger partial charge on any atom is -0.331 e. The Labute approximate surface area is 212 Å². The second kappa shape index (κ2) is 10.1. The maximum atomic E-state index is 15.5. The summed E-state index contributed by atoms with van der Waals surface area (Å²) in [4.78, 5) is 26.9. The third-order valence-electron chi connectivity index (χ3n) is 6.84. The van der Waals surface area contributed by atoms with E-state index in [4.69, 9.17) is 0 Å². The third-order valence-corrected chi connectivity index (χ3v) is 7.60. The number of amides is 2. The van der Waals surface area contributed by atoms with Gasteiger partial charge >= 0.3 is 5.92 Å². The first-order valence-corrected chi connectivity index (χ1v) is 13.7. The van der Waals surface area contributed by atoms with E-state index in [1.54, 1.807) is 0 Å². The van der Waals surface area contributed by atoms with Crippen molar-refractivity contribution in [3.8, 4) is 0 Å². The minimum absolute atomic E-state index is 0.174. The lowest BCUT2D eigenvalue weighted by Crippen LogP contribution is -2.61. The molecule has 0 aliphatic carbocycles. The molecule has 2 aromatic rings. The predicted octanol–water partition coefficient (Wildman–Crippen LogP) is 4.08. The van der Waals surface area contributed by atoms with Crippen LogP contribution < -0.4 is 10.0 Å². The summed E-state index contributed by atoms with van der Waals surface area (Å²) in [6.07, 6.45) is 2.89. The van der Waals surface area contributed by atoms with Crippen LogP contribution in [0.2, 0.25) is 0 Å². The van der Waals surface area contributed by atoms with Gasteiger partial charge in [-0.15, -0.1) is 0 Å². The van der Waals surface area contributed by atoms with Crippen molar-refractivity contribution >= 4 is 27.5 Å². The van der Waals surface area contributed by atoms with Gasteiger partial charge in [0.05, 0.1) is 11.8 Å². The van der Waals surface area contributed by atoms with Crippen molar-refractivity contribution in [3.63, 3.8) is 0 Å². The number of halogens is 4. The highest BCUT2D eigenvalue weighted by Crippen LogP contribution is 2.40. The van der Waals surface area contributed by atoms with E-state index >= 15 is 8.78 Å². The van der Waals surface area contributed by atoms with Crippen molar-refractivity contribution in [1.82, 2.24) is 9.62 Å². The fraction of sp³-hybridized carbons (Fsp3) is 0.440. The molecule has 2 N–H and O–H groups in total. The standard InChI is InChI=1S/C25H27F4N3O4S/c1-14-10-16(7-9-21(14)26)30-23(33)15-6-8-22(27)20(11-15)25(28,29)24(34)32-18-4-3-5-19(32)13-17(12-18)31-37(2,35)36/h6-11,17-19,31H,3-5,12-13H2,1-2H3,(H,30,33)/t17-,18-,19+. The van der Waals surface area contributed by atoms with E-state index in [0.29, 0.717) is 31.4 Å². The van der Waals surface area contributed by atoms with Gasteiger partial charge in [-0.2, -0.15) is 8.78 Å². The van der Waals surface area contributed by atoms with Crippen LogP contribution in [0.3, 0.4) is 0 Å². The molecule has 12 heteroatoms. The highest BCUT2D eigenvalue weighted by Gasteiger charge is 2.52. The molecule has 2 saturated heterocycles. The smallest absolute Gasteiger partial charge is 0.331 e. The molecule has 2 bridgehead atoms. The van der Waals surface area contributed by atoms with Crippen molar-refractivity contribution in [2.45, 2.75) is 63.1 Å². The zero-order chi connectivity index (χ0) is 27.1.